The van der Waals surface area contributed by atoms with Crippen molar-refractivity contribution in [3.63, 3.8) is 0 Å². The van der Waals surface area contributed by atoms with Crippen LogP contribution in [0.1, 0.15) is 12.7 Å². The van der Waals surface area contributed by atoms with Crippen LogP contribution >= 0.6 is 0 Å². The minimum absolute atomic E-state index is 0.0651. The number of imidazole rings is 1. The molecule has 1 amide bonds. The molecule has 1 aliphatic heterocycles. The first-order valence-corrected chi connectivity index (χ1v) is 10.3. The fourth-order valence-electron chi connectivity index (χ4n) is 3.37. The van der Waals surface area contributed by atoms with E-state index in [1.807, 2.05) is 6.92 Å². The molecular formula is C17H21N3O5S. The summed E-state index contributed by atoms with van der Waals surface area (Å²) in [5.74, 6) is -1.79. The van der Waals surface area contributed by atoms with Crippen LogP contribution in [0.3, 0.4) is 0 Å². The fraction of sp³-hybridized carbons (Fsp3) is 0.471. The largest absolute Gasteiger partial charge is 0.481 e. The van der Waals surface area contributed by atoms with Crippen molar-refractivity contribution in [3.8, 4) is 0 Å². The van der Waals surface area contributed by atoms with Crippen molar-refractivity contribution in [1.82, 2.24) is 14.5 Å². The smallest absolute Gasteiger partial charge is 0.308 e. The van der Waals surface area contributed by atoms with Crippen molar-refractivity contribution in [2.45, 2.75) is 19.2 Å². The van der Waals surface area contributed by atoms with Gasteiger partial charge in [0.05, 0.1) is 17.0 Å². The maximum Gasteiger partial charge on any atom is 0.308 e. The van der Waals surface area contributed by atoms with E-state index in [2.05, 4.69) is 4.98 Å². The number of aliphatic carboxylic acids is 1. The number of aromatic nitrogens is 2. The van der Waals surface area contributed by atoms with Crippen LogP contribution in [0.4, 0.5) is 0 Å². The third-order valence-electron chi connectivity index (χ3n) is 4.70. The first-order chi connectivity index (χ1) is 12.2. The van der Waals surface area contributed by atoms with Gasteiger partial charge in [-0.15, -0.1) is 0 Å². The van der Waals surface area contributed by atoms with Crippen LogP contribution in [0, 0.1) is 11.8 Å². The highest BCUT2D eigenvalue weighted by Crippen LogP contribution is 2.24. The summed E-state index contributed by atoms with van der Waals surface area (Å²) in [5.41, 5.74) is 1.30. The van der Waals surface area contributed by atoms with E-state index < -0.39 is 21.7 Å². The lowest BCUT2D eigenvalue weighted by molar-refractivity contribution is -0.142. The van der Waals surface area contributed by atoms with Gasteiger partial charge in [-0.3, -0.25) is 9.59 Å². The van der Waals surface area contributed by atoms with Crippen molar-refractivity contribution in [2.75, 3.05) is 19.3 Å². The minimum Gasteiger partial charge on any atom is -0.481 e. The van der Waals surface area contributed by atoms with Gasteiger partial charge in [0.1, 0.15) is 18.1 Å². The van der Waals surface area contributed by atoms with Gasteiger partial charge in [0.15, 0.2) is 9.84 Å². The summed E-state index contributed by atoms with van der Waals surface area (Å²) < 4.78 is 25.0. The predicted molar refractivity (Wildman–Crippen MR) is 95.2 cm³/mol. The van der Waals surface area contributed by atoms with E-state index in [9.17, 15) is 23.1 Å². The summed E-state index contributed by atoms with van der Waals surface area (Å²) in [4.78, 5) is 29.9. The van der Waals surface area contributed by atoms with E-state index in [0.29, 0.717) is 23.4 Å². The van der Waals surface area contributed by atoms with Gasteiger partial charge in [0.25, 0.3) is 0 Å². The summed E-state index contributed by atoms with van der Waals surface area (Å²) >= 11 is 0. The molecular weight excluding hydrogens is 358 g/mol. The number of carboxylic acids is 1. The number of para-hydroxylation sites is 2. The second kappa shape index (κ2) is 6.71. The second-order valence-corrected chi connectivity index (χ2v) is 9.03. The molecule has 0 radical (unpaired) electrons. The zero-order valence-corrected chi connectivity index (χ0v) is 15.4. The van der Waals surface area contributed by atoms with Crippen LogP contribution in [-0.4, -0.2) is 59.2 Å². The molecule has 9 heteroatoms. The normalized spacial score (nSPS) is 20.6. The number of likely N-dealkylation sites (tertiary alicyclic amines) is 1. The van der Waals surface area contributed by atoms with Crippen LogP contribution < -0.4 is 0 Å². The van der Waals surface area contributed by atoms with E-state index in [-0.39, 0.29) is 30.7 Å². The number of hydrogen-bond donors (Lipinski definition) is 1. The lowest BCUT2D eigenvalue weighted by Gasteiger charge is -2.17. The number of carbonyl (C=O) groups excluding carboxylic acids is 1. The van der Waals surface area contributed by atoms with Crippen LogP contribution in [0.25, 0.3) is 11.0 Å². The van der Waals surface area contributed by atoms with Gasteiger partial charge in [-0.1, -0.05) is 19.1 Å². The molecule has 0 bridgehead atoms. The number of nitrogens with zero attached hydrogens (tertiary/aromatic N) is 3. The Morgan fingerprint density at radius 3 is 2.58 bits per heavy atom. The Morgan fingerprint density at radius 1 is 1.27 bits per heavy atom. The Hall–Kier alpha value is -2.42. The quantitative estimate of drug-likeness (QED) is 0.821. The topological polar surface area (TPSA) is 110 Å². The number of fused-ring (bicyclic) bond motifs is 1. The molecule has 2 aromatic rings. The van der Waals surface area contributed by atoms with Crippen LogP contribution in [0.5, 0.6) is 0 Å². The zero-order valence-electron chi connectivity index (χ0n) is 14.6. The monoisotopic (exact) mass is 379 g/mol. The van der Waals surface area contributed by atoms with Crippen molar-refractivity contribution >= 4 is 32.7 Å². The van der Waals surface area contributed by atoms with E-state index in [4.69, 9.17) is 0 Å². The predicted octanol–water partition coefficient (Wildman–Crippen LogP) is 0.760. The first-order valence-electron chi connectivity index (χ1n) is 8.28. The van der Waals surface area contributed by atoms with Gasteiger partial charge < -0.3 is 14.6 Å². The van der Waals surface area contributed by atoms with Crippen LogP contribution in [0.15, 0.2) is 24.3 Å². The van der Waals surface area contributed by atoms with Gasteiger partial charge in [-0.05, 0) is 18.1 Å². The Balaban J connectivity index is 1.89. The average Bonchev–Trinajstić information content (AvgIpc) is 3.07. The summed E-state index contributed by atoms with van der Waals surface area (Å²) in [5, 5.41) is 9.23. The van der Waals surface area contributed by atoms with E-state index in [1.165, 1.54) is 4.90 Å². The highest BCUT2D eigenvalue weighted by molar-refractivity contribution is 7.89. The number of sulfone groups is 1. The van der Waals surface area contributed by atoms with Gasteiger partial charge >= 0.3 is 5.97 Å². The molecule has 2 heterocycles. The standard InChI is InChI=1S/C17H21N3O5S/c1-11-7-19(8-12(11)17(22)23)16(21)9-20-14-6-4-3-5-13(14)18-15(20)10-26(2,24)25/h3-6,11-12H,7-10H2,1-2H3,(H,22,23)/t11-,12-/m1/s1. The van der Waals surface area contributed by atoms with Crippen molar-refractivity contribution in [1.29, 1.82) is 0 Å². The number of rotatable bonds is 5. The molecule has 0 spiro atoms. The van der Waals surface area contributed by atoms with Gasteiger partial charge in [0.2, 0.25) is 5.91 Å². The summed E-state index contributed by atoms with van der Waals surface area (Å²) in [6.45, 7) is 2.30. The van der Waals surface area contributed by atoms with E-state index in [1.54, 1.807) is 28.8 Å². The highest BCUT2D eigenvalue weighted by atomic mass is 32.2. The zero-order chi connectivity index (χ0) is 19.1. The molecule has 2 atom stereocenters. The lowest BCUT2D eigenvalue weighted by atomic mass is 9.99. The van der Waals surface area contributed by atoms with Crippen molar-refractivity contribution < 1.29 is 23.1 Å². The molecule has 1 N–H and O–H groups in total. The SMILES string of the molecule is C[C@@H]1CN(C(=O)Cn2c(CS(C)(=O)=O)nc3ccccc32)C[C@H]1C(=O)O. The summed E-state index contributed by atoms with van der Waals surface area (Å²) in [6.07, 6.45) is 1.12. The maximum atomic E-state index is 12.7. The molecule has 26 heavy (non-hydrogen) atoms. The van der Waals surface area contributed by atoms with Crippen LogP contribution in [0.2, 0.25) is 0 Å². The number of benzene rings is 1. The van der Waals surface area contributed by atoms with Crippen molar-refractivity contribution in [3.05, 3.63) is 30.1 Å². The molecule has 1 aliphatic rings. The highest BCUT2D eigenvalue weighted by Gasteiger charge is 2.37. The van der Waals surface area contributed by atoms with Gasteiger partial charge in [-0.25, -0.2) is 13.4 Å². The second-order valence-electron chi connectivity index (χ2n) is 6.89. The van der Waals surface area contributed by atoms with Gasteiger partial charge in [-0.2, -0.15) is 0 Å². The summed E-state index contributed by atoms with van der Waals surface area (Å²) in [6, 6.07) is 7.15. The Labute approximate surface area is 151 Å². The number of carboxylic acid groups (broad SMARTS) is 1. The fourth-order valence-corrected chi connectivity index (χ4v) is 4.06. The van der Waals surface area contributed by atoms with E-state index in [0.717, 1.165) is 6.26 Å². The Morgan fingerprint density at radius 2 is 1.96 bits per heavy atom. The summed E-state index contributed by atoms with van der Waals surface area (Å²) in [7, 11) is -3.32. The van der Waals surface area contributed by atoms with Gasteiger partial charge in [0, 0.05) is 19.3 Å². The maximum absolute atomic E-state index is 12.7. The average molecular weight is 379 g/mol. The molecule has 1 saturated heterocycles. The lowest BCUT2D eigenvalue weighted by Crippen LogP contribution is -2.33. The molecule has 140 valence electrons. The number of amides is 1. The Kier molecular flexibility index (Phi) is 4.74. The molecule has 3 rings (SSSR count). The molecule has 1 aromatic carbocycles. The van der Waals surface area contributed by atoms with Crippen LogP contribution in [-0.2, 0) is 31.7 Å². The van der Waals surface area contributed by atoms with E-state index >= 15 is 0 Å². The first kappa shape index (κ1) is 18.4. The number of carbonyl (C=O) groups is 2. The molecule has 1 fully saturated rings. The molecule has 1 aromatic heterocycles. The molecule has 0 aliphatic carbocycles. The minimum atomic E-state index is -3.32. The number of hydrogen-bond acceptors (Lipinski definition) is 5. The molecule has 0 unspecified atom stereocenters. The molecule has 0 saturated carbocycles. The molecule has 8 nitrogen and oxygen atoms in total. The van der Waals surface area contributed by atoms with Crippen molar-refractivity contribution in [2.24, 2.45) is 11.8 Å². The Bertz CT molecular complexity index is 966. The third-order valence-corrected chi connectivity index (χ3v) is 5.48. The third kappa shape index (κ3) is 3.72.